The molecule has 0 aliphatic carbocycles. The maximum absolute atomic E-state index is 12.3. The van der Waals surface area contributed by atoms with Crippen molar-refractivity contribution < 1.29 is 14.4 Å². The Morgan fingerprint density at radius 2 is 2.09 bits per heavy atom. The summed E-state index contributed by atoms with van der Waals surface area (Å²) < 4.78 is 5.27. The van der Waals surface area contributed by atoms with E-state index in [0.717, 1.165) is 25.0 Å². The zero-order valence-electron chi connectivity index (χ0n) is 14.0. The Labute approximate surface area is 131 Å². The molecule has 1 aliphatic rings. The lowest BCUT2D eigenvalue weighted by Crippen LogP contribution is -2.46. The van der Waals surface area contributed by atoms with E-state index in [1.165, 1.54) is 0 Å². The molecule has 2 amide bonds. The van der Waals surface area contributed by atoms with Crippen LogP contribution in [0.15, 0.2) is 10.6 Å². The molecule has 1 fully saturated rings. The lowest BCUT2D eigenvalue weighted by molar-refractivity contribution is 0.0542. The van der Waals surface area contributed by atoms with E-state index in [9.17, 15) is 9.90 Å². The van der Waals surface area contributed by atoms with Crippen LogP contribution >= 0.6 is 0 Å². The standard InChI is InChI=1S/C16H27N3O3/c1-5-16(11-20)6-8-19(9-7-16)14(21)17-13-10-12(22-18-13)15(2,3)4/h10,20H,5-9,11H2,1-4H3,(H,17,18,21). The normalized spacial score (nSPS) is 18.3. The number of likely N-dealkylation sites (tertiary alicyclic amines) is 1. The summed E-state index contributed by atoms with van der Waals surface area (Å²) in [6, 6.07) is 1.61. The molecule has 2 N–H and O–H groups in total. The van der Waals surface area contributed by atoms with Crippen LogP contribution in [0.3, 0.4) is 0 Å². The second-order valence-corrected chi connectivity index (χ2v) is 7.26. The molecule has 2 heterocycles. The predicted molar refractivity (Wildman–Crippen MR) is 84.8 cm³/mol. The van der Waals surface area contributed by atoms with Gasteiger partial charge in [-0.3, -0.25) is 5.32 Å². The van der Waals surface area contributed by atoms with E-state index >= 15 is 0 Å². The maximum atomic E-state index is 12.3. The van der Waals surface area contributed by atoms with Gasteiger partial charge in [-0.15, -0.1) is 0 Å². The summed E-state index contributed by atoms with van der Waals surface area (Å²) in [4.78, 5) is 14.1. The van der Waals surface area contributed by atoms with Crippen molar-refractivity contribution in [2.75, 3.05) is 25.0 Å². The molecular formula is C16H27N3O3. The van der Waals surface area contributed by atoms with Crippen LogP contribution in [0, 0.1) is 5.41 Å². The van der Waals surface area contributed by atoms with Gasteiger partial charge in [0.2, 0.25) is 0 Å². The number of carbonyl (C=O) groups is 1. The summed E-state index contributed by atoms with van der Waals surface area (Å²) >= 11 is 0. The van der Waals surface area contributed by atoms with E-state index in [1.807, 2.05) is 20.8 Å². The van der Waals surface area contributed by atoms with Crippen LogP contribution in [-0.4, -0.2) is 40.9 Å². The molecule has 0 bridgehead atoms. The predicted octanol–water partition coefficient (Wildman–Crippen LogP) is 2.99. The second kappa shape index (κ2) is 6.28. The van der Waals surface area contributed by atoms with Gasteiger partial charge >= 0.3 is 6.03 Å². The van der Waals surface area contributed by atoms with Crippen molar-refractivity contribution in [1.82, 2.24) is 10.1 Å². The minimum absolute atomic E-state index is 0.0237. The number of hydrogen-bond acceptors (Lipinski definition) is 4. The van der Waals surface area contributed by atoms with Gasteiger partial charge in [-0.25, -0.2) is 4.79 Å². The van der Waals surface area contributed by atoms with Gasteiger partial charge in [-0.2, -0.15) is 0 Å². The third-order valence-electron chi connectivity index (χ3n) is 4.68. The lowest BCUT2D eigenvalue weighted by Gasteiger charge is -2.40. The van der Waals surface area contributed by atoms with Crippen molar-refractivity contribution in [3.63, 3.8) is 0 Å². The number of carbonyl (C=O) groups excluding carboxylic acids is 1. The van der Waals surface area contributed by atoms with Crippen LogP contribution in [-0.2, 0) is 5.41 Å². The van der Waals surface area contributed by atoms with Gasteiger partial charge < -0.3 is 14.5 Å². The first-order valence-electron chi connectivity index (χ1n) is 7.94. The van der Waals surface area contributed by atoms with E-state index in [0.29, 0.717) is 18.9 Å². The molecule has 0 unspecified atom stereocenters. The Morgan fingerprint density at radius 1 is 1.45 bits per heavy atom. The Bertz CT molecular complexity index is 505. The molecule has 0 radical (unpaired) electrons. The van der Waals surface area contributed by atoms with E-state index in [1.54, 1.807) is 11.0 Å². The Morgan fingerprint density at radius 3 is 2.55 bits per heavy atom. The van der Waals surface area contributed by atoms with Gasteiger partial charge in [0.25, 0.3) is 0 Å². The average Bonchev–Trinajstić information content (AvgIpc) is 2.96. The number of hydrogen-bond donors (Lipinski definition) is 2. The summed E-state index contributed by atoms with van der Waals surface area (Å²) in [6.07, 6.45) is 2.61. The van der Waals surface area contributed by atoms with Crippen molar-refractivity contribution >= 4 is 11.8 Å². The number of anilines is 1. The molecule has 0 saturated carbocycles. The Balaban J connectivity index is 1.92. The second-order valence-electron chi connectivity index (χ2n) is 7.26. The number of nitrogens with one attached hydrogen (secondary N) is 1. The van der Waals surface area contributed by atoms with Crippen molar-refractivity contribution in [2.24, 2.45) is 5.41 Å². The van der Waals surface area contributed by atoms with Gasteiger partial charge in [0.1, 0.15) is 5.76 Å². The zero-order valence-corrected chi connectivity index (χ0v) is 14.0. The minimum Gasteiger partial charge on any atom is -0.396 e. The highest BCUT2D eigenvalue weighted by Gasteiger charge is 2.34. The summed E-state index contributed by atoms with van der Waals surface area (Å²) in [6.45, 7) is 9.69. The summed E-state index contributed by atoms with van der Waals surface area (Å²) in [5, 5.41) is 16.2. The van der Waals surface area contributed by atoms with Gasteiger partial charge in [0, 0.05) is 31.2 Å². The summed E-state index contributed by atoms with van der Waals surface area (Å²) in [7, 11) is 0. The molecule has 22 heavy (non-hydrogen) atoms. The number of piperidine rings is 1. The lowest BCUT2D eigenvalue weighted by atomic mass is 9.77. The SMILES string of the molecule is CCC1(CO)CCN(C(=O)Nc2cc(C(C)(C)C)on2)CC1. The minimum atomic E-state index is -0.156. The molecule has 1 aliphatic heterocycles. The zero-order chi connectivity index (χ0) is 16.4. The van der Waals surface area contributed by atoms with Crippen LogP contribution in [0.25, 0.3) is 0 Å². The quantitative estimate of drug-likeness (QED) is 0.899. The largest absolute Gasteiger partial charge is 0.396 e. The molecule has 124 valence electrons. The summed E-state index contributed by atoms with van der Waals surface area (Å²) in [5.74, 6) is 1.19. The van der Waals surface area contributed by atoms with Crippen LogP contribution in [0.4, 0.5) is 10.6 Å². The first-order valence-corrected chi connectivity index (χ1v) is 7.94. The number of aliphatic hydroxyl groups excluding tert-OH is 1. The molecule has 1 aromatic rings. The fraction of sp³-hybridized carbons (Fsp3) is 0.750. The topological polar surface area (TPSA) is 78.6 Å². The highest BCUT2D eigenvalue weighted by Crippen LogP contribution is 2.34. The number of urea groups is 1. The molecule has 6 heteroatoms. The van der Waals surface area contributed by atoms with Gasteiger partial charge in [-0.1, -0.05) is 32.9 Å². The van der Waals surface area contributed by atoms with Crippen molar-refractivity contribution in [3.05, 3.63) is 11.8 Å². The molecule has 1 saturated heterocycles. The van der Waals surface area contributed by atoms with Gasteiger partial charge in [0.05, 0.1) is 0 Å². The Kier molecular flexibility index (Phi) is 4.80. The molecule has 0 aromatic carbocycles. The number of aliphatic hydroxyl groups is 1. The number of nitrogens with zero attached hydrogens (tertiary/aromatic N) is 2. The molecule has 0 spiro atoms. The highest BCUT2D eigenvalue weighted by molar-refractivity contribution is 5.88. The highest BCUT2D eigenvalue weighted by atomic mass is 16.5. The van der Waals surface area contributed by atoms with Gasteiger partial charge in [-0.05, 0) is 24.7 Å². The van der Waals surface area contributed by atoms with E-state index in [4.69, 9.17) is 4.52 Å². The van der Waals surface area contributed by atoms with Crippen LogP contribution in [0.1, 0.15) is 52.7 Å². The van der Waals surface area contributed by atoms with E-state index in [-0.39, 0.29) is 23.5 Å². The molecule has 0 atom stereocenters. The number of rotatable bonds is 3. The van der Waals surface area contributed by atoms with Crippen LogP contribution in [0.5, 0.6) is 0 Å². The molecule has 6 nitrogen and oxygen atoms in total. The molecule has 1 aromatic heterocycles. The summed E-state index contributed by atoms with van der Waals surface area (Å²) in [5.41, 5.74) is -0.160. The molecule has 2 rings (SSSR count). The third-order valence-corrected chi connectivity index (χ3v) is 4.68. The smallest absolute Gasteiger partial charge is 0.323 e. The fourth-order valence-corrected chi connectivity index (χ4v) is 2.68. The van der Waals surface area contributed by atoms with Crippen LogP contribution < -0.4 is 5.32 Å². The van der Waals surface area contributed by atoms with Crippen molar-refractivity contribution in [1.29, 1.82) is 0 Å². The fourth-order valence-electron chi connectivity index (χ4n) is 2.68. The van der Waals surface area contributed by atoms with E-state index in [2.05, 4.69) is 17.4 Å². The third kappa shape index (κ3) is 3.61. The van der Waals surface area contributed by atoms with Crippen molar-refractivity contribution in [3.8, 4) is 0 Å². The first kappa shape index (κ1) is 16.8. The van der Waals surface area contributed by atoms with Crippen molar-refractivity contribution in [2.45, 2.75) is 52.4 Å². The molecular weight excluding hydrogens is 282 g/mol. The number of aromatic nitrogens is 1. The number of amides is 2. The van der Waals surface area contributed by atoms with Crippen LogP contribution in [0.2, 0.25) is 0 Å². The average molecular weight is 309 g/mol. The van der Waals surface area contributed by atoms with E-state index < -0.39 is 0 Å². The monoisotopic (exact) mass is 309 g/mol. The first-order chi connectivity index (χ1) is 10.3. The Hall–Kier alpha value is -1.56. The van der Waals surface area contributed by atoms with Gasteiger partial charge in [0.15, 0.2) is 5.82 Å². The maximum Gasteiger partial charge on any atom is 0.323 e.